The minimum Gasteiger partial charge on any atom is -0.479 e. The van der Waals surface area contributed by atoms with Gasteiger partial charge in [0, 0.05) is 6.42 Å². The molecule has 33 heavy (non-hydrogen) atoms. The van der Waals surface area contributed by atoms with E-state index < -0.39 is 29.9 Å². The average molecular weight is 469 g/mol. The molecular weight excluding hydrogens is 443 g/mol. The summed E-state index contributed by atoms with van der Waals surface area (Å²) >= 11 is 0. The lowest BCUT2D eigenvalue weighted by Gasteiger charge is -2.21. The molecule has 0 bridgehead atoms. The van der Waals surface area contributed by atoms with Gasteiger partial charge in [-0.1, -0.05) is 30.3 Å². The molecule has 0 spiro atoms. The third-order valence-corrected chi connectivity index (χ3v) is 4.32. The summed E-state index contributed by atoms with van der Waals surface area (Å²) in [5.74, 6) is -1.09. The summed E-state index contributed by atoms with van der Waals surface area (Å²) in [5.41, 5.74) is 0.175. The number of alkyl halides is 3. The zero-order valence-electron chi connectivity index (χ0n) is 18.5. The number of halogens is 3. The maximum atomic E-state index is 13.0. The molecule has 1 unspecified atom stereocenters. The van der Waals surface area contributed by atoms with Crippen LogP contribution in [0.25, 0.3) is 0 Å². The van der Waals surface area contributed by atoms with Crippen LogP contribution in [0.4, 0.5) is 23.7 Å². The van der Waals surface area contributed by atoms with Crippen molar-refractivity contribution in [3.05, 3.63) is 65.2 Å². The van der Waals surface area contributed by atoms with E-state index in [2.05, 4.69) is 0 Å². The largest absolute Gasteiger partial charge is 0.479 e. The molecule has 0 heterocycles. The minimum atomic E-state index is -4.58. The lowest BCUT2D eigenvalue weighted by molar-refractivity contribution is -0.153. The van der Waals surface area contributed by atoms with Crippen LogP contribution in [-0.4, -0.2) is 36.0 Å². The van der Waals surface area contributed by atoms with Gasteiger partial charge in [0.05, 0.1) is 24.0 Å². The minimum absolute atomic E-state index is 0.0211. The number of benzene rings is 2. The van der Waals surface area contributed by atoms with E-state index in [0.29, 0.717) is 16.2 Å². The van der Waals surface area contributed by atoms with Crippen molar-refractivity contribution in [3.63, 3.8) is 0 Å². The topological polar surface area (TPSA) is 85.3 Å². The van der Waals surface area contributed by atoms with Crippen molar-refractivity contribution < 1.29 is 42.2 Å². The molecule has 1 atom stereocenters. The number of rotatable bonds is 10. The average Bonchev–Trinajstić information content (AvgIpc) is 2.75. The van der Waals surface area contributed by atoms with Crippen LogP contribution in [0, 0.1) is 0 Å². The van der Waals surface area contributed by atoms with Gasteiger partial charge in [0.15, 0.2) is 6.10 Å². The number of carbonyl (C=O) groups excluding carboxylic acids is 1. The zero-order valence-corrected chi connectivity index (χ0v) is 18.5. The molecule has 2 aromatic rings. The van der Waals surface area contributed by atoms with Crippen LogP contribution in [0.5, 0.6) is 0 Å². The Kier molecular flexibility index (Phi) is 9.24. The monoisotopic (exact) mass is 469 g/mol. The third-order valence-electron chi connectivity index (χ3n) is 4.32. The molecule has 2 rings (SSSR count). The van der Waals surface area contributed by atoms with Gasteiger partial charge in [-0.2, -0.15) is 18.2 Å². The Morgan fingerprint density at radius 2 is 1.73 bits per heavy atom. The maximum absolute atomic E-state index is 13.0. The summed E-state index contributed by atoms with van der Waals surface area (Å²) in [6, 6.07) is 10.9. The molecule has 0 aromatic heterocycles. The van der Waals surface area contributed by atoms with E-state index in [1.165, 1.54) is 12.1 Å². The number of carboxylic acid groups (broad SMARTS) is 1. The molecule has 7 nitrogen and oxygen atoms in total. The lowest BCUT2D eigenvalue weighted by Crippen LogP contribution is -2.32. The predicted molar refractivity (Wildman–Crippen MR) is 114 cm³/mol. The van der Waals surface area contributed by atoms with Crippen molar-refractivity contribution in [3.8, 4) is 0 Å². The Bertz CT molecular complexity index is 948. The van der Waals surface area contributed by atoms with E-state index in [9.17, 15) is 27.9 Å². The fraction of sp³-hybridized carbons (Fsp3) is 0.391. The van der Waals surface area contributed by atoms with Crippen LogP contribution in [0.15, 0.2) is 48.5 Å². The van der Waals surface area contributed by atoms with Gasteiger partial charge in [-0.25, -0.2) is 9.59 Å². The Labute approximate surface area is 189 Å². The second kappa shape index (κ2) is 11.7. The number of amides is 1. The molecule has 2 aromatic carbocycles. The quantitative estimate of drug-likeness (QED) is 0.480. The van der Waals surface area contributed by atoms with E-state index in [1.807, 2.05) is 0 Å². The summed E-state index contributed by atoms with van der Waals surface area (Å²) < 4.78 is 49.7. The second-order valence-electron chi connectivity index (χ2n) is 7.35. The van der Waals surface area contributed by atoms with Crippen molar-refractivity contribution in [1.82, 2.24) is 0 Å². The van der Waals surface area contributed by atoms with E-state index in [0.717, 1.165) is 12.1 Å². The van der Waals surface area contributed by atoms with Crippen molar-refractivity contribution in [2.45, 2.75) is 52.2 Å². The van der Waals surface area contributed by atoms with Crippen molar-refractivity contribution >= 4 is 17.7 Å². The Hall–Kier alpha value is -3.11. The molecule has 0 saturated heterocycles. The van der Waals surface area contributed by atoms with Gasteiger partial charge >= 0.3 is 18.2 Å². The van der Waals surface area contributed by atoms with Crippen molar-refractivity contribution in [1.29, 1.82) is 0 Å². The first-order chi connectivity index (χ1) is 15.5. The van der Waals surface area contributed by atoms with Gasteiger partial charge in [-0.05, 0) is 50.1 Å². The van der Waals surface area contributed by atoms with E-state index in [-0.39, 0.29) is 31.4 Å². The molecule has 0 radical (unpaired) electrons. The summed E-state index contributed by atoms with van der Waals surface area (Å²) in [7, 11) is 0. The van der Waals surface area contributed by atoms with Gasteiger partial charge in [-0.3, -0.25) is 4.84 Å². The Morgan fingerprint density at radius 3 is 2.33 bits per heavy atom. The van der Waals surface area contributed by atoms with Crippen LogP contribution >= 0.6 is 0 Å². The molecule has 10 heteroatoms. The predicted octanol–water partition coefficient (Wildman–Crippen LogP) is 5.22. The highest BCUT2D eigenvalue weighted by atomic mass is 19.4. The standard InChI is InChI=1S/C23H26F3NO6/c1-4-32-27(19-10-6-9-18(13-19)23(24,25)26)22(30)31-14-17-8-5-7-16(11-17)12-20(21(28)29)33-15(2)3/h5-11,13,15,20H,4,12,14H2,1-3H3,(H,28,29). The summed E-state index contributed by atoms with van der Waals surface area (Å²) in [5, 5.41) is 10.00. The number of hydroxylamine groups is 1. The Balaban J connectivity index is 2.10. The molecule has 0 saturated carbocycles. The number of nitrogens with zero attached hydrogens (tertiary/aromatic N) is 1. The lowest BCUT2D eigenvalue weighted by atomic mass is 10.0. The molecule has 0 aliphatic rings. The van der Waals surface area contributed by atoms with E-state index in [4.69, 9.17) is 14.3 Å². The maximum Gasteiger partial charge on any atom is 0.439 e. The van der Waals surface area contributed by atoms with E-state index in [1.54, 1.807) is 45.0 Å². The summed E-state index contributed by atoms with van der Waals surface area (Å²) in [4.78, 5) is 29.1. The highest BCUT2D eigenvalue weighted by molar-refractivity contribution is 5.85. The van der Waals surface area contributed by atoms with Crippen molar-refractivity contribution in [2.24, 2.45) is 0 Å². The second-order valence-corrected chi connectivity index (χ2v) is 7.35. The van der Waals surface area contributed by atoms with Gasteiger partial charge < -0.3 is 14.6 Å². The molecule has 0 aliphatic carbocycles. The number of carbonyl (C=O) groups is 2. The molecular formula is C23H26F3NO6. The fourth-order valence-corrected chi connectivity index (χ4v) is 2.96. The third kappa shape index (κ3) is 8.07. The van der Waals surface area contributed by atoms with Crippen molar-refractivity contribution in [2.75, 3.05) is 11.7 Å². The normalized spacial score (nSPS) is 12.5. The SMILES string of the molecule is CCON(C(=O)OCc1cccc(CC(OC(C)C)C(=O)O)c1)c1cccc(C(F)(F)F)c1. The van der Waals surface area contributed by atoms with E-state index >= 15 is 0 Å². The van der Waals surface area contributed by atoms with Crippen LogP contribution < -0.4 is 5.06 Å². The molecule has 180 valence electrons. The van der Waals surface area contributed by atoms with Gasteiger partial charge in [-0.15, -0.1) is 0 Å². The first-order valence-corrected chi connectivity index (χ1v) is 10.2. The number of hydrogen-bond donors (Lipinski definition) is 1. The van der Waals surface area contributed by atoms with Crippen LogP contribution in [0.1, 0.15) is 37.5 Å². The molecule has 1 amide bonds. The zero-order chi connectivity index (χ0) is 24.6. The summed E-state index contributed by atoms with van der Waals surface area (Å²) in [6.45, 7) is 4.88. The number of carboxylic acids is 1. The number of hydrogen-bond acceptors (Lipinski definition) is 5. The fourth-order valence-electron chi connectivity index (χ4n) is 2.96. The van der Waals surface area contributed by atoms with Crippen LogP contribution in [0.2, 0.25) is 0 Å². The highest BCUT2D eigenvalue weighted by Gasteiger charge is 2.31. The molecule has 0 aliphatic heterocycles. The first kappa shape index (κ1) is 26.1. The smallest absolute Gasteiger partial charge is 0.439 e. The number of ether oxygens (including phenoxy) is 2. The number of aliphatic carboxylic acids is 1. The highest BCUT2D eigenvalue weighted by Crippen LogP contribution is 2.32. The van der Waals surface area contributed by atoms with Crippen LogP contribution in [-0.2, 0) is 38.3 Å². The molecule has 1 N–H and O–H groups in total. The summed E-state index contributed by atoms with van der Waals surface area (Å²) in [6.07, 6.45) is -6.75. The van der Waals surface area contributed by atoms with Gasteiger partial charge in [0.1, 0.15) is 6.61 Å². The first-order valence-electron chi connectivity index (χ1n) is 10.2. The molecule has 0 fully saturated rings. The van der Waals surface area contributed by atoms with Gasteiger partial charge in [0.2, 0.25) is 0 Å². The Morgan fingerprint density at radius 1 is 1.06 bits per heavy atom. The van der Waals surface area contributed by atoms with Crippen LogP contribution in [0.3, 0.4) is 0 Å². The number of anilines is 1. The van der Waals surface area contributed by atoms with Gasteiger partial charge in [0.25, 0.3) is 0 Å².